The number of hydrogen-bond acceptors (Lipinski definition) is 5. The van der Waals surface area contributed by atoms with Crippen LogP contribution in [0.25, 0.3) is 0 Å². The molecule has 7 nitrogen and oxygen atoms in total. The Morgan fingerprint density at radius 3 is 2.62 bits per heavy atom. The minimum atomic E-state index is -0.525. The van der Waals surface area contributed by atoms with Gasteiger partial charge in [0.2, 0.25) is 5.91 Å². The van der Waals surface area contributed by atoms with Gasteiger partial charge in [-0.25, -0.2) is 4.39 Å². The Hall–Kier alpha value is -2.03. The van der Waals surface area contributed by atoms with Crippen molar-refractivity contribution in [1.82, 2.24) is 20.4 Å². The van der Waals surface area contributed by atoms with E-state index < -0.39 is 17.8 Å². The number of β-amino-alcohol motifs (C(OH)–C–C–N with tert-alkyl or cyclic N) is 1. The van der Waals surface area contributed by atoms with Crippen LogP contribution in [-0.4, -0.2) is 84.7 Å². The van der Waals surface area contributed by atoms with Gasteiger partial charge in [0.1, 0.15) is 5.82 Å². The van der Waals surface area contributed by atoms with Gasteiger partial charge in [0, 0.05) is 45.8 Å². The number of hydrogen-bond donors (Lipinski definition) is 3. The van der Waals surface area contributed by atoms with Gasteiger partial charge in [0.15, 0.2) is 0 Å². The van der Waals surface area contributed by atoms with Crippen molar-refractivity contribution in [2.45, 2.75) is 18.6 Å². The van der Waals surface area contributed by atoms with Gasteiger partial charge in [0.25, 0.3) is 5.91 Å². The summed E-state index contributed by atoms with van der Waals surface area (Å²) in [7, 11) is 0. The quantitative estimate of drug-likeness (QED) is 0.651. The molecule has 8 heteroatoms. The molecule has 2 atom stereocenters. The van der Waals surface area contributed by atoms with E-state index >= 15 is 0 Å². The van der Waals surface area contributed by atoms with Crippen molar-refractivity contribution < 1.29 is 19.1 Å². The summed E-state index contributed by atoms with van der Waals surface area (Å²) < 4.78 is 13.6. The highest BCUT2D eigenvalue weighted by molar-refractivity contribution is 5.94. The first-order valence-electron chi connectivity index (χ1n) is 9.00. The molecule has 0 aliphatic carbocycles. The van der Waals surface area contributed by atoms with Crippen LogP contribution in [0.1, 0.15) is 16.8 Å². The molecule has 0 spiro atoms. The number of carbonyl (C=O) groups is 2. The molecular formula is C18H25FN4O3. The second-order valence-electron chi connectivity index (χ2n) is 6.75. The molecule has 2 heterocycles. The molecule has 2 aliphatic heterocycles. The topological polar surface area (TPSA) is 84.9 Å². The van der Waals surface area contributed by atoms with Crippen molar-refractivity contribution in [1.29, 1.82) is 0 Å². The van der Waals surface area contributed by atoms with Crippen molar-refractivity contribution in [3.63, 3.8) is 0 Å². The van der Waals surface area contributed by atoms with Crippen LogP contribution in [0.15, 0.2) is 24.3 Å². The van der Waals surface area contributed by atoms with E-state index in [1.54, 1.807) is 12.1 Å². The van der Waals surface area contributed by atoms with Crippen molar-refractivity contribution in [3.05, 3.63) is 35.6 Å². The summed E-state index contributed by atoms with van der Waals surface area (Å²) in [6, 6.07) is 5.63. The first-order chi connectivity index (χ1) is 12.5. The first-order valence-corrected chi connectivity index (χ1v) is 9.00. The van der Waals surface area contributed by atoms with E-state index in [1.165, 1.54) is 12.1 Å². The summed E-state index contributed by atoms with van der Waals surface area (Å²) in [4.78, 5) is 28.4. The number of halogens is 1. The number of nitrogens with one attached hydrogen (secondary N) is 2. The van der Waals surface area contributed by atoms with Crippen molar-refractivity contribution >= 4 is 11.8 Å². The molecule has 2 aliphatic rings. The second-order valence-corrected chi connectivity index (χ2v) is 6.75. The van der Waals surface area contributed by atoms with Crippen molar-refractivity contribution in [3.8, 4) is 0 Å². The Morgan fingerprint density at radius 1 is 1.23 bits per heavy atom. The van der Waals surface area contributed by atoms with Crippen LogP contribution in [0.2, 0.25) is 0 Å². The number of benzene rings is 1. The van der Waals surface area contributed by atoms with Crippen LogP contribution < -0.4 is 10.6 Å². The van der Waals surface area contributed by atoms with Gasteiger partial charge >= 0.3 is 0 Å². The molecule has 3 rings (SSSR count). The summed E-state index contributed by atoms with van der Waals surface area (Å²) in [5, 5.41) is 15.3. The highest BCUT2D eigenvalue weighted by Crippen LogP contribution is 2.12. The van der Waals surface area contributed by atoms with E-state index in [1.807, 2.05) is 4.90 Å². The third-order valence-corrected chi connectivity index (χ3v) is 4.92. The number of amides is 2. The molecule has 2 unspecified atom stereocenters. The lowest BCUT2D eigenvalue weighted by Gasteiger charge is -2.35. The first kappa shape index (κ1) is 18.8. The molecule has 2 amide bonds. The Morgan fingerprint density at radius 2 is 1.96 bits per heavy atom. The van der Waals surface area contributed by atoms with Gasteiger partial charge in [-0.3, -0.25) is 14.5 Å². The molecule has 1 aromatic carbocycles. The van der Waals surface area contributed by atoms with Crippen LogP contribution in [0.5, 0.6) is 0 Å². The summed E-state index contributed by atoms with van der Waals surface area (Å²) in [5.41, 5.74) is 0.0502. The van der Waals surface area contributed by atoms with Crippen LogP contribution >= 0.6 is 0 Å². The third-order valence-electron chi connectivity index (χ3n) is 4.92. The average molecular weight is 364 g/mol. The molecule has 1 aromatic rings. The van der Waals surface area contributed by atoms with Crippen LogP contribution in [0.4, 0.5) is 4.39 Å². The molecule has 0 bridgehead atoms. The largest absolute Gasteiger partial charge is 0.392 e. The molecule has 0 aromatic heterocycles. The fraction of sp³-hybridized carbons (Fsp3) is 0.556. The Bertz CT molecular complexity index is 649. The summed E-state index contributed by atoms with van der Waals surface area (Å²) >= 11 is 0. The van der Waals surface area contributed by atoms with E-state index in [9.17, 15) is 19.1 Å². The van der Waals surface area contributed by atoms with Crippen molar-refractivity contribution in [2.75, 3.05) is 45.8 Å². The zero-order valence-corrected chi connectivity index (χ0v) is 14.7. The lowest BCUT2D eigenvalue weighted by Crippen LogP contribution is -2.53. The second kappa shape index (κ2) is 8.57. The minimum Gasteiger partial charge on any atom is -0.392 e. The molecule has 2 saturated heterocycles. The number of carbonyl (C=O) groups excluding carboxylic acids is 2. The number of nitrogens with zero attached hydrogens (tertiary/aromatic N) is 2. The minimum absolute atomic E-state index is 0.0501. The lowest BCUT2D eigenvalue weighted by molar-refractivity contribution is -0.135. The van der Waals surface area contributed by atoms with E-state index in [0.717, 1.165) is 13.1 Å². The molecule has 0 radical (unpaired) electrons. The van der Waals surface area contributed by atoms with Crippen molar-refractivity contribution in [2.24, 2.45) is 0 Å². The summed E-state index contributed by atoms with van der Waals surface area (Å²) in [5.74, 6) is -0.889. The highest BCUT2D eigenvalue weighted by atomic mass is 19.1. The van der Waals surface area contributed by atoms with Gasteiger partial charge in [0.05, 0.1) is 17.7 Å². The lowest BCUT2D eigenvalue weighted by atomic mass is 10.1. The Kier molecular flexibility index (Phi) is 6.18. The molecule has 2 fully saturated rings. The molecule has 3 N–H and O–H groups in total. The number of rotatable bonds is 5. The molecule has 142 valence electrons. The van der Waals surface area contributed by atoms with Gasteiger partial charge in [-0.15, -0.1) is 0 Å². The molecule has 26 heavy (non-hydrogen) atoms. The monoisotopic (exact) mass is 364 g/mol. The average Bonchev–Trinajstić information content (AvgIpc) is 3.08. The smallest absolute Gasteiger partial charge is 0.254 e. The van der Waals surface area contributed by atoms with Crippen LogP contribution in [0, 0.1) is 5.82 Å². The van der Waals surface area contributed by atoms with Gasteiger partial charge in [-0.05, 0) is 18.6 Å². The normalized spacial score (nSPS) is 23.8. The SMILES string of the molecule is O=C(NCCN1CCN(C(=O)C2CC(O)CN2)CC1)c1ccccc1F. The van der Waals surface area contributed by atoms with E-state index in [-0.39, 0.29) is 17.5 Å². The summed E-state index contributed by atoms with van der Waals surface area (Å²) in [6.45, 7) is 4.29. The predicted molar refractivity (Wildman–Crippen MR) is 94.2 cm³/mol. The zero-order chi connectivity index (χ0) is 18.5. The maximum absolute atomic E-state index is 13.6. The van der Waals surface area contributed by atoms with E-state index in [2.05, 4.69) is 15.5 Å². The number of piperazine rings is 1. The maximum Gasteiger partial charge on any atom is 0.254 e. The molecule has 0 saturated carbocycles. The standard InChI is InChI=1S/C18H25FN4O3/c19-15-4-2-1-3-14(15)17(25)20-5-6-22-7-9-23(10-8-22)18(26)16-11-13(24)12-21-16/h1-4,13,16,21,24H,5-12H2,(H,20,25). The van der Waals surface area contributed by atoms with Crippen LogP contribution in [0.3, 0.4) is 0 Å². The summed E-state index contributed by atoms with van der Waals surface area (Å²) in [6.07, 6.45) is 0.0320. The van der Waals surface area contributed by atoms with Gasteiger partial charge in [-0.1, -0.05) is 12.1 Å². The number of aliphatic hydroxyl groups excluding tert-OH is 1. The zero-order valence-electron chi connectivity index (χ0n) is 14.7. The number of aliphatic hydroxyl groups is 1. The highest BCUT2D eigenvalue weighted by Gasteiger charge is 2.32. The maximum atomic E-state index is 13.6. The van der Waals surface area contributed by atoms with Crippen LogP contribution in [-0.2, 0) is 4.79 Å². The van der Waals surface area contributed by atoms with E-state index in [4.69, 9.17) is 0 Å². The van der Waals surface area contributed by atoms with Gasteiger partial charge in [-0.2, -0.15) is 0 Å². The molecular weight excluding hydrogens is 339 g/mol. The van der Waals surface area contributed by atoms with Gasteiger partial charge < -0.3 is 20.6 Å². The fourth-order valence-electron chi connectivity index (χ4n) is 3.39. The fourth-order valence-corrected chi connectivity index (χ4v) is 3.39. The Balaban J connectivity index is 1.37. The Labute approximate surface area is 152 Å². The predicted octanol–water partition coefficient (Wildman–Crippen LogP) is -0.577. The van der Waals surface area contributed by atoms with E-state index in [0.29, 0.717) is 39.1 Å². The third kappa shape index (κ3) is 4.57.